The van der Waals surface area contributed by atoms with Crippen molar-refractivity contribution in [3.05, 3.63) is 0 Å². The van der Waals surface area contributed by atoms with Crippen molar-refractivity contribution in [3.63, 3.8) is 0 Å². The molecule has 0 aliphatic heterocycles. The van der Waals surface area contributed by atoms with Crippen LogP contribution in [0.25, 0.3) is 0 Å². The lowest BCUT2D eigenvalue weighted by Gasteiger charge is -1.92. The van der Waals surface area contributed by atoms with Crippen LogP contribution < -0.4 is 11.1 Å². The van der Waals surface area contributed by atoms with Gasteiger partial charge in [0, 0.05) is 0 Å². The number of nitrogens with one attached hydrogen (secondary N) is 2. The van der Waals surface area contributed by atoms with E-state index in [2.05, 4.69) is 10.3 Å². The Morgan fingerprint density at radius 3 is 3.00 bits per heavy atom. The summed E-state index contributed by atoms with van der Waals surface area (Å²) in [5.74, 6) is 0.433. The monoisotopic (exact) mass is 114 g/mol. The normalized spacial score (nSPS) is 11.4. The van der Waals surface area contributed by atoms with Crippen LogP contribution in [0.2, 0.25) is 0 Å². The van der Waals surface area contributed by atoms with Gasteiger partial charge in [-0.25, -0.2) is 4.99 Å². The molecule has 0 aromatic rings. The number of nitrogens with zero attached hydrogens (tertiary/aromatic N) is 1. The van der Waals surface area contributed by atoms with E-state index in [0.717, 1.165) is 6.34 Å². The average Bonchev–Trinajstić information content (AvgIpc) is 1.68. The quantitative estimate of drug-likeness (QED) is 0.331. The topological polar surface area (TPSA) is 74.3 Å². The smallest absolute Gasteiger partial charge is 0.115 e. The van der Waals surface area contributed by atoms with Crippen LogP contribution >= 0.6 is 0 Å². The van der Waals surface area contributed by atoms with E-state index in [9.17, 15) is 0 Å². The number of hydrogen-bond donors (Lipinski definition) is 3. The molecule has 0 aliphatic carbocycles. The van der Waals surface area contributed by atoms with Gasteiger partial charge in [0.1, 0.15) is 12.2 Å². The summed E-state index contributed by atoms with van der Waals surface area (Å²) in [6, 6.07) is 0. The number of likely N-dealkylation sites (N-methyl/N-ethyl adjacent to an activating group) is 1. The van der Waals surface area contributed by atoms with Crippen molar-refractivity contribution in [1.29, 1.82) is 5.41 Å². The first-order chi connectivity index (χ1) is 3.81. The molecule has 0 aliphatic rings. The summed E-state index contributed by atoms with van der Waals surface area (Å²) in [7, 11) is 1.77. The Morgan fingerprint density at radius 2 is 2.62 bits per heavy atom. The molecule has 0 atom stereocenters. The molecule has 0 spiro atoms. The Labute approximate surface area is 48.3 Å². The van der Waals surface area contributed by atoms with Crippen molar-refractivity contribution < 1.29 is 0 Å². The molecular weight excluding hydrogens is 104 g/mol. The van der Waals surface area contributed by atoms with Crippen molar-refractivity contribution in [3.8, 4) is 0 Å². The molecule has 0 amide bonds. The molecule has 8 heavy (non-hydrogen) atoms. The molecule has 46 valence electrons. The van der Waals surface area contributed by atoms with Crippen molar-refractivity contribution >= 4 is 12.2 Å². The summed E-state index contributed by atoms with van der Waals surface area (Å²) in [5, 5.41) is 9.28. The zero-order valence-electron chi connectivity index (χ0n) is 4.81. The predicted octanol–water partition coefficient (Wildman–Crippen LogP) is -0.830. The number of hydrogen-bond acceptors (Lipinski definition) is 2. The van der Waals surface area contributed by atoms with Crippen molar-refractivity contribution in [2.45, 2.75) is 0 Å². The molecule has 0 unspecified atom stereocenters. The maximum atomic E-state index is 6.49. The third-order valence-corrected chi connectivity index (χ3v) is 0.588. The largest absolute Gasteiger partial charge is 0.386 e. The maximum absolute atomic E-state index is 6.49. The molecule has 4 N–H and O–H groups in total. The standard InChI is InChI=1S/C4H10N4/c1-7-2-4(6)8-3-5/h3,7H,2H2,1H3,(H3,5,6,8). The fraction of sp³-hybridized carbons (Fsp3) is 0.500. The van der Waals surface area contributed by atoms with Gasteiger partial charge >= 0.3 is 0 Å². The molecule has 0 fully saturated rings. The van der Waals surface area contributed by atoms with Gasteiger partial charge in [-0.05, 0) is 7.05 Å². The van der Waals surface area contributed by atoms with Crippen molar-refractivity contribution in [2.75, 3.05) is 13.6 Å². The number of aliphatic imine (C=N–C) groups is 1. The highest BCUT2D eigenvalue weighted by molar-refractivity contribution is 5.88. The second-order valence-electron chi connectivity index (χ2n) is 1.28. The van der Waals surface area contributed by atoms with Gasteiger partial charge in [0.15, 0.2) is 0 Å². The number of nitrogens with two attached hydrogens (primary N) is 1. The zero-order valence-corrected chi connectivity index (χ0v) is 4.81. The fourth-order valence-electron chi connectivity index (χ4n) is 0.310. The first-order valence-corrected chi connectivity index (χ1v) is 2.27. The van der Waals surface area contributed by atoms with Crippen LogP contribution in [0.15, 0.2) is 4.99 Å². The Kier molecular flexibility index (Phi) is 3.78. The SMILES string of the molecule is CNCC(N)=NC=N. The summed E-state index contributed by atoms with van der Waals surface area (Å²) in [5.41, 5.74) is 5.23. The van der Waals surface area contributed by atoms with Gasteiger partial charge in [0.05, 0.1) is 6.54 Å². The van der Waals surface area contributed by atoms with Crippen molar-refractivity contribution in [1.82, 2.24) is 5.32 Å². The average molecular weight is 114 g/mol. The van der Waals surface area contributed by atoms with Gasteiger partial charge in [-0.1, -0.05) is 0 Å². The van der Waals surface area contributed by atoms with E-state index < -0.39 is 0 Å². The zero-order chi connectivity index (χ0) is 6.41. The lowest BCUT2D eigenvalue weighted by molar-refractivity contribution is 0.941. The van der Waals surface area contributed by atoms with E-state index in [0.29, 0.717) is 12.4 Å². The van der Waals surface area contributed by atoms with Crippen LogP contribution in [-0.2, 0) is 0 Å². The molecule has 4 heteroatoms. The molecule has 0 aromatic carbocycles. The number of rotatable bonds is 3. The number of amidine groups is 1. The maximum Gasteiger partial charge on any atom is 0.115 e. The Hall–Kier alpha value is -0.900. The minimum atomic E-state index is 0.433. The first-order valence-electron chi connectivity index (χ1n) is 2.27. The summed E-state index contributed by atoms with van der Waals surface area (Å²) in [6.07, 6.45) is 0.923. The van der Waals surface area contributed by atoms with Crippen LogP contribution in [0.3, 0.4) is 0 Å². The van der Waals surface area contributed by atoms with Crippen molar-refractivity contribution in [2.24, 2.45) is 10.7 Å². The Bertz CT molecular complexity index is 96.2. The van der Waals surface area contributed by atoms with Crippen LogP contribution in [0.4, 0.5) is 0 Å². The second-order valence-corrected chi connectivity index (χ2v) is 1.28. The summed E-state index contributed by atoms with van der Waals surface area (Å²) in [4.78, 5) is 3.49. The molecular formula is C4H10N4. The molecule has 0 rings (SSSR count). The highest BCUT2D eigenvalue weighted by atomic mass is 14.9. The fourth-order valence-corrected chi connectivity index (χ4v) is 0.310. The molecule has 4 nitrogen and oxygen atoms in total. The third-order valence-electron chi connectivity index (χ3n) is 0.588. The lowest BCUT2D eigenvalue weighted by atomic mass is 10.6. The van der Waals surface area contributed by atoms with E-state index in [1.807, 2.05) is 0 Å². The van der Waals surface area contributed by atoms with E-state index in [4.69, 9.17) is 11.1 Å². The van der Waals surface area contributed by atoms with Gasteiger partial charge < -0.3 is 11.1 Å². The lowest BCUT2D eigenvalue weighted by Crippen LogP contribution is -2.26. The first kappa shape index (κ1) is 7.10. The molecule has 0 saturated carbocycles. The highest BCUT2D eigenvalue weighted by Crippen LogP contribution is 1.59. The van der Waals surface area contributed by atoms with E-state index >= 15 is 0 Å². The summed E-state index contributed by atoms with van der Waals surface area (Å²) in [6.45, 7) is 0.537. The van der Waals surface area contributed by atoms with Gasteiger partial charge in [0.25, 0.3) is 0 Å². The van der Waals surface area contributed by atoms with E-state index in [1.165, 1.54) is 0 Å². The molecule has 0 radical (unpaired) electrons. The van der Waals surface area contributed by atoms with Gasteiger partial charge in [-0.2, -0.15) is 0 Å². The van der Waals surface area contributed by atoms with Gasteiger partial charge in [-0.3, -0.25) is 5.41 Å². The van der Waals surface area contributed by atoms with Crippen LogP contribution in [-0.4, -0.2) is 25.8 Å². The van der Waals surface area contributed by atoms with Crippen LogP contribution in [0, 0.1) is 5.41 Å². The third kappa shape index (κ3) is 3.30. The van der Waals surface area contributed by atoms with E-state index in [1.54, 1.807) is 7.05 Å². The van der Waals surface area contributed by atoms with Crippen LogP contribution in [0.5, 0.6) is 0 Å². The summed E-state index contributed by atoms with van der Waals surface area (Å²) < 4.78 is 0. The second kappa shape index (κ2) is 4.26. The Balaban J connectivity index is 3.44. The predicted molar refractivity (Wildman–Crippen MR) is 34.3 cm³/mol. The summed E-state index contributed by atoms with van der Waals surface area (Å²) >= 11 is 0. The molecule has 0 bridgehead atoms. The Morgan fingerprint density at radius 1 is 2.00 bits per heavy atom. The van der Waals surface area contributed by atoms with Gasteiger partial charge in [-0.15, -0.1) is 0 Å². The minimum Gasteiger partial charge on any atom is -0.386 e. The molecule has 0 heterocycles. The van der Waals surface area contributed by atoms with E-state index in [-0.39, 0.29) is 0 Å². The molecule has 0 saturated heterocycles. The van der Waals surface area contributed by atoms with Gasteiger partial charge in [0.2, 0.25) is 0 Å². The molecule has 0 aromatic heterocycles. The highest BCUT2D eigenvalue weighted by Gasteiger charge is 1.82. The minimum absolute atomic E-state index is 0.433. The van der Waals surface area contributed by atoms with Crippen LogP contribution in [0.1, 0.15) is 0 Å².